The molecule has 1 rings (SSSR count). The molecule has 0 nitrogen and oxygen atoms in total. The van der Waals surface area contributed by atoms with E-state index in [0.717, 1.165) is 0 Å². The molecule has 0 bridgehead atoms. The average Bonchev–Trinajstić information content (AvgIpc) is 2.34. The van der Waals surface area contributed by atoms with E-state index in [-0.39, 0.29) is 0 Å². The van der Waals surface area contributed by atoms with Crippen molar-refractivity contribution in [1.82, 2.24) is 0 Å². The lowest BCUT2D eigenvalue weighted by Gasteiger charge is -1.88. The monoisotopic (exact) mass is 122 g/mol. The maximum absolute atomic E-state index is 2.33. The highest BCUT2D eigenvalue weighted by Crippen LogP contribution is 2.24. The minimum absolute atomic E-state index is 1.23. The van der Waals surface area contributed by atoms with Crippen LogP contribution in [0.15, 0.2) is 23.3 Å². The van der Waals surface area contributed by atoms with Gasteiger partial charge in [0.15, 0.2) is 0 Å². The standard InChI is InChI=1S/C9H14/c1-3-8-5-6-9(4-2)7-8/h3,7H,4-6H2,1-2H3. The van der Waals surface area contributed by atoms with Crippen molar-refractivity contribution in [1.29, 1.82) is 0 Å². The SMILES string of the molecule is CC=C1C=C(CC)CC1. The Balaban J connectivity index is 2.61. The highest BCUT2D eigenvalue weighted by Gasteiger charge is 2.04. The van der Waals surface area contributed by atoms with Crippen molar-refractivity contribution >= 4 is 0 Å². The molecule has 0 unspecified atom stereocenters. The molecule has 0 amide bonds. The zero-order valence-electron chi connectivity index (χ0n) is 6.28. The minimum atomic E-state index is 1.23. The van der Waals surface area contributed by atoms with E-state index in [4.69, 9.17) is 0 Å². The van der Waals surface area contributed by atoms with E-state index < -0.39 is 0 Å². The van der Waals surface area contributed by atoms with E-state index in [9.17, 15) is 0 Å². The lowest BCUT2D eigenvalue weighted by molar-refractivity contribution is 0.942. The van der Waals surface area contributed by atoms with E-state index in [1.165, 1.54) is 24.8 Å². The van der Waals surface area contributed by atoms with Crippen molar-refractivity contribution in [2.75, 3.05) is 0 Å². The summed E-state index contributed by atoms with van der Waals surface area (Å²) in [6.45, 7) is 4.34. The number of rotatable bonds is 1. The Kier molecular flexibility index (Phi) is 2.10. The van der Waals surface area contributed by atoms with Crippen molar-refractivity contribution in [2.45, 2.75) is 33.1 Å². The van der Waals surface area contributed by atoms with Crippen molar-refractivity contribution in [3.8, 4) is 0 Å². The third-order valence-corrected chi connectivity index (χ3v) is 1.95. The number of allylic oxidation sites excluding steroid dienone is 4. The second-order valence-corrected chi connectivity index (χ2v) is 2.52. The lowest BCUT2D eigenvalue weighted by Crippen LogP contribution is -1.69. The van der Waals surface area contributed by atoms with Gasteiger partial charge in [-0.05, 0) is 26.2 Å². The fourth-order valence-corrected chi connectivity index (χ4v) is 1.22. The molecule has 0 N–H and O–H groups in total. The Bertz CT molecular complexity index is 149. The first-order valence-corrected chi connectivity index (χ1v) is 3.71. The Morgan fingerprint density at radius 1 is 1.56 bits per heavy atom. The highest BCUT2D eigenvalue weighted by molar-refractivity contribution is 5.29. The Hall–Kier alpha value is -0.520. The van der Waals surface area contributed by atoms with Crippen molar-refractivity contribution in [3.05, 3.63) is 23.3 Å². The van der Waals surface area contributed by atoms with Crippen LogP contribution in [0.1, 0.15) is 33.1 Å². The summed E-state index contributed by atoms with van der Waals surface area (Å²) in [7, 11) is 0. The van der Waals surface area contributed by atoms with E-state index in [0.29, 0.717) is 0 Å². The molecule has 9 heavy (non-hydrogen) atoms. The molecule has 1 aliphatic carbocycles. The van der Waals surface area contributed by atoms with Gasteiger partial charge in [-0.3, -0.25) is 0 Å². The molecule has 0 saturated carbocycles. The van der Waals surface area contributed by atoms with Crippen molar-refractivity contribution in [2.24, 2.45) is 0 Å². The summed E-state index contributed by atoms with van der Waals surface area (Å²) in [5.74, 6) is 0. The molecule has 0 aromatic rings. The first kappa shape index (κ1) is 6.60. The molecule has 0 fully saturated rings. The summed E-state index contributed by atoms with van der Waals surface area (Å²) in [5.41, 5.74) is 3.13. The third-order valence-electron chi connectivity index (χ3n) is 1.95. The predicted octanol–water partition coefficient (Wildman–Crippen LogP) is 3.06. The van der Waals surface area contributed by atoms with Crippen LogP contribution in [0, 0.1) is 0 Å². The molecule has 0 aliphatic heterocycles. The average molecular weight is 122 g/mol. The van der Waals surface area contributed by atoms with E-state index >= 15 is 0 Å². The second-order valence-electron chi connectivity index (χ2n) is 2.52. The normalized spacial score (nSPS) is 22.9. The smallest absolute Gasteiger partial charge is 0.0245 e. The number of hydrogen-bond acceptors (Lipinski definition) is 0. The topological polar surface area (TPSA) is 0 Å². The van der Waals surface area contributed by atoms with Crippen LogP contribution in [0.2, 0.25) is 0 Å². The van der Waals surface area contributed by atoms with Gasteiger partial charge in [0.05, 0.1) is 0 Å². The van der Waals surface area contributed by atoms with Gasteiger partial charge in [-0.1, -0.05) is 30.2 Å². The van der Waals surface area contributed by atoms with E-state index in [1.807, 2.05) is 0 Å². The molecule has 0 aromatic carbocycles. The molecule has 0 radical (unpaired) electrons. The van der Waals surface area contributed by atoms with Gasteiger partial charge in [0, 0.05) is 0 Å². The molecule has 0 atom stereocenters. The van der Waals surface area contributed by atoms with Crippen LogP contribution in [-0.2, 0) is 0 Å². The predicted molar refractivity (Wildman–Crippen MR) is 41.4 cm³/mol. The van der Waals surface area contributed by atoms with Crippen molar-refractivity contribution < 1.29 is 0 Å². The third kappa shape index (κ3) is 1.44. The Labute approximate surface area is 57.3 Å². The van der Waals surface area contributed by atoms with Crippen LogP contribution in [0.3, 0.4) is 0 Å². The van der Waals surface area contributed by atoms with E-state index in [2.05, 4.69) is 26.0 Å². The van der Waals surface area contributed by atoms with Crippen LogP contribution in [0.5, 0.6) is 0 Å². The first-order valence-electron chi connectivity index (χ1n) is 3.71. The Morgan fingerprint density at radius 3 is 2.67 bits per heavy atom. The quantitative estimate of drug-likeness (QED) is 0.501. The van der Waals surface area contributed by atoms with Crippen LogP contribution >= 0.6 is 0 Å². The molecular formula is C9H14. The zero-order valence-corrected chi connectivity index (χ0v) is 6.28. The van der Waals surface area contributed by atoms with Gasteiger partial charge in [0.25, 0.3) is 0 Å². The zero-order chi connectivity index (χ0) is 6.69. The molecule has 50 valence electrons. The highest BCUT2D eigenvalue weighted by atomic mass is 14.1. The summed E-state index contributed by atoms with van der Waals surface area (Å²) >= 11 is 0. The maximum Gasteiger partial charge on any atom is -0.0245 e. The van der Waals surface area contributed by atoms with Crippen LogP contribution in [0.4, 0.5) is 0 Å². The molecule has 1 aliphatic rings. The minimum Gasteiger partial charge on any atom is -0.0844 e. The summed E-state index contributed by atoms with van der Waals surface area (Å²) in [5, 5.41) is 0. The maximum atomic E-state index is 2.33. The molecule has 0 heterocycles. The largest absolute Gasteiger partial charge is 0.0844 e. The van der Waals surface area contributed by atoms with Crippen LogP contribution < -0.4 is 0 Å². The molecule has 0 saturated heterocycles. The fourth-order valence-electron chi connectivity index (χ4n) is 1.22. The van der Waals surface area contributed by atoms with Gasteiger partial charge >= 0.3 is 0 Å². The van der Waals surface area contributed by atoms with Crippen molar-refractivity contribution in [3.63, 3.8) is 0 Å². The van der Waals surface area contributed by atoms with Gasteiger partial charge in [-0.2, -0.15) is 0 Å². The lowest BCUT2D eigenvalue weighted by atomic mass is 10.2. The van der Waals surface area contributed by atoms with Gasteiger partial charge in [-0.15, -0.1) is 0 Å². The van der Waals surface area contributed by atoms with Gasteiger partial charge < -0.3 is 0 Å². The van der Waals surface area contributed by atoms with Gasteiger partial charge in [0.1, 0.15) is 0 Å². The molecule has 0 spiro atoms. The van der Waals surface area contributed by atoms with Gasteiger partial charge in [-0.25, -0.2) is 0 Å². The number of hydrogen-bond donors (Lipinski definition) is 0. The fraction of sp³-hybridized carbons (Fsp3) is 0.556. The summed E-state index contributed by atoms with van der Waals surface area (Å²) < 4.78 is 0. The molecule has 0 heteroatoms. The first-order chi connectivity index (χ1) is 4.36. The summed E-state index contributed by atoms with van der Waals surface area (Å²) in [4.78, 5) is 0. The van der Waals surface area contributed by atoms with Crippen LogP contribution in [0.25, 0.3) is 0 Å². The van der Waals surface area contributed by atoms with E-state index in [1.54, 1.807) is 5.57 Å². The molecule has 0 aromatic heterocycles. The summed E-state index contributed by atoms with van der Waals surface area (Å²) in [6, 6.07) is 0. The second kappa shape index (κ2) is 2.86. The van der Waals surface area contributed by atoms with Gasteiger partial charge in [0.2, 0.25) is 0 Å². The summed E-state index contributed by atoms with van der Waals surface area (Å²) in [6.07, 6.45) is 8.36. The van der Waals surface area contributed by atoms with Crippen LogP contribution in [-0.4, -0.2) is 0 Å². The Morgan fingerprint density at radius 2 is 2.33 bits per heavy atom. The molecular weight excluding hydrogens is 108 g/mol.